The highest BCUT2D eigenvalue weighted by Gasteiger charge is 2.15. The summed E-state index contributed by atoms with van der Waals surface area (Å²) in [6.45, 7) is 5.40. The summed E-state index contributed by atoms with van der Waals surface area (Å²) in [6.07, 6.45) is 6.22. The molecule has 2 aromatic carbocycles. The Hall–Kier alpha value is -2.82. The Morgan fingerprint density at radius 1 is 0.875 bits per heavy atom. The Balaban J connectivity index is 0.000000186. The number of hydrogen-bond acceptors (Lipinski definition) is 8. The van der Waals surface area contributed by atoms with Crippen molar-refractivity contribution in [3.63, 3.8) is 0 Å². The second-order valence-electron chi connectivity index (χ2n) is 6.34. The Morgan fingerprint density at radius 3 is 2.00 bits per heavy atom. The first-order chi connectivity index (χ1) is 15.3. The van der Waals surface area contributed by atoms with Crippen LogP contribution in [0.3, 0.4) is 0 Å². The summed E-state index contributed by atoms with van der Waals surface area (Å²) in [5.41, 5.74) is 2.40. The fraction of sp³-hybridized carbons (Fsp3) is 0.190. The summed E-state index contributed by atoms with van der Waals surface area (Å²) in [4.78, 5) is 31.1. The molecule has 0 aliphatic carbocycles. The van der Waals surface area contributed by atoms with E-state index in [-0.39, 0.29) is 10.1 Å². The van der Waals surface area contributed by atoms with Gasteiger partial charge in [0.05, 0.1) is 11.0 Å². The molecule has 0 N–H and O–H groups in total. The van der Waals surface area contributed by atoms with Crippen molar-refractivity contribution in [1.82, 2.24) is 24.8 Å². The molecule has 1 amide bonds. The van der Waals surface area contributed by atoms with Crippen molar-refractivity contribution in [3.8, 4) is 0 Å². The Bertz CT molecular complexity index is 1340. The third kappa shape index (κ3) is 5.70. The van der Waals surface area contributed by atoms with E-state index < -0.39 is 9.05 Å². The summed E-state index contributed by atoms with van der Waals surface area (Å²) < 4.78 is 22.3. The van der Waals surface area contributed by atoms with Crippen LogP contribution < -0.4 is 0 Å². The normalized spacial score (nSPS) is 11.1. The highest BCUT2D eigenvalue weighted by Crippen LogP contribution is 2.27. The van der Waals surface area contributed by atoms with Crippen LogP contribution in [0.2, 0.25) is 0 Å². The van der Waals surface area contributed by atoms with Gasteiger partial charge in [-0.1, -0.05) is 12.1 Å². The Morgan fingerprint density at radius 2 is 1.41 bits per heavy atom. The van der Waals surface area contributed by atoms with Crippen LogP contribution in [0.4, 0.5) is 4.79 Å². The third-order valence-electron chi connectivity index (χ3n) is 4.40. The molecule has 11 heteroatoms. The summed E-state index contributed by atoms with van der Waals surface area (Å²) in [7, 11) is 1.48. The van der Waals surface area contributed by atoms with E-state index in [1.807, 2.05) is 32.0 Å². The van der Waals surface area contributed by atoms with Gasteiger partial charge in [-0.05, 0) is 49.9 Å². The molecule has 166 valence electrons. The van der Waals surface area contributed by atoms with E-state index in [0.29, 0.717) is 11.0 Å². The van der Waals surface area contributed by atoms with Crippen molar-refractivity contribution in [3.05, 3.63) is 61.2 Å². The number of benzene rings is 2. The molecule has 8 nitrogen and oxygen atoms in total. The Kier molecular flexibility index (Phi) is 7.94. The number of thioether (sulfide) groups is 1. The zero-order chi connectivity index (χ0) is 23.1. The largest absolute Gasteiger partial charge is 0.334 e. The van der Waals surface area contributed by atoms with E-state index in [1.165, 1.54) is 30.2 Å². The lowest BCUT2D eigenvalue weighted by Gasteiger charge is -2.17. The second kappa shape index (κ2) is 10.7. The number of para-hydroxylation sites is 2. The van der Waals surface area contributed by atoms with Crippen LogP contribution in [0, 0.1) is 0 Å². The quantitative estimate of drug-likeness (QED) is 0.299. The van der Waals surface area contributed by atoms with Gasteiger partial charge >= 0.3 is 0 Å². The fourth-order valence-electron chi connectivity index (χ4n) is 2.85. The number of carbonyl (C=O) groups excluding carboxylic acids is 1. The molecule has 0 spiro atoms. The van der Waals surface area contributed by atoms with E-state index >= 15 is 0 Å². The number of nitrogens with zero attached hydrogens (tertiary/aromatic N) is 5. The monoisotopic (exact) mass is 489 g/mol. The lowest BCUT2D eigenvalue weighted by atomic mass is 10.3. The second-order valence-corrected chi connectivity index (χ2v) is 9.87. The highest BCUT2D eigenvalue weighted by atomic mass is 35.7. The maximum Gasteiger partial charge on any atom is 0.286 e. The maximum atomic E-state index is 12.1. The van der Waals surface area contributed by atoms with Gasteiger partial charge in [0.15, 0.2) is 0 Å². The zero-order valence-corrected chi connectivity index (χ0v) is 19.7. The van der Waals surface area contributed by atoms with E-state index in [1.54, 1.807) is 29.4 Å². The molecule has 0 aliphatic rings. The van der Waals surface area contributed by atoms with E-state index in [2.05, 4.69) is 19.9 Å². The van der Waals surface area contributed by atoms with Gasteiger partial charge in [-0.25, -0.2) is 8.42 Å². The van der Waals surface area contributed by atoms with E-state index in [0.717, 1.165) is 29.0 Å². The van der Waals surface area contributed by atoms with Gasteiger partial charge in [0.1, 0.15) is 15.9 Å². The van der Waals surface area contributed by atoms with Crippen molar-refractivity contribution in [1.29, 1.82) is 0 Å². The lowest BCUT2D eigenvalue weighted by molar-refractivity contribution is 0.228. The lowest BCUT2D eigenvalue weighted by Crippen LogP contribution is -2.26. The van der Waals surface area contributed by atoms with Crippen LogP contribution in [0.1, 0.15) is 13.8 Å². The Labute approximate surface area is 194 Å². The molecule has 32 heavy (non-hydrogen) atoms. The summed E-state index contributed by atoms with van der Waals surface area (Å²) in [5.74, 6) is 0. The fourth-order valence-corrected chi connectivity index (χ4v) is 4.83. The zero-order valence-electron chi connectivity index (χ0n) is 17.3. The number of fused-ring (bicyclic) bond motifs is 2. The molecule has 0 bridgehead atoms. The molecule has 2 aromatic heterocycles. The molecule has 0 unspecified atom stereocenters. The first-order valence-electron chi connectivity index (χ1n) is 9.66. The first-order valence-corrected chi connectivity index (χ1v) is 12.8. The van der Waals surface area contributed by atoms with Gasteiger partial charge in [-0.3, -0.25) is 24.7 Å². The van der Waals surface area contributed by atoms with Crippen LogP contribution in [0.5, 0.6) is 0 Å². The molecule has 2 heterocycles. The minimum absolute atomic E-state index is 0.00948. The van der Waals surface area contributed by atoms with Gasteiger partial charge in [-0.2, -0.15) is 0 Å². The number of amides is 1. The standard InChI is InChI=1S/C13H15N3OS.C8H5ClN2O2S/c1-3-16(4-2)13(17)18-11-7-5-6-10-12(11)15-9-8-14-10;9-14(12,13)7-3-1-2-6-8(7)11-5-4-10-6/h5-9H,3-4H2,1-2H3;1-5H. The smallest absolute Gasteiger partial charge is 0.286 e. The molecular weight excluding hydrogens is 470 g/mol. The van der Waals surface area contributed by atoms with Gasteiger partial charge in [-0.15, -0.1) is 0 Å². The van der Waals surface area contributed by atoms with Gasteiger partial charge in [0.25, 0.3) is 14.3 Å². The third-order valence-corrected chi connectivity index (χ3v) is 6.74. The minimum Gasteiger partial charge on any atom is -0.334 e. The number of hydrogen-bond donors (Lipinski definition) is 0. The predicted octanol–water partition coefficient (Wildman–Crippen LogP) is 4.74. The maximum absolute atomic E-state index is 12.1. The minimum atomic E-state index is -3.76. The van der Waals surface area contributed by atoms with Gasteiger partial charge in [0, 0.05) is 53.5 Å². The van der Waals surface area contributed by atoms with Crippen molar-refractivity contribution >= 4 is 58.8 Å². The number of aromatic nitrogens is 4. The van der Waals surface area contributed by atoms with Crippen molar-refractivity contribution in [2.24, 2.45) is 0 Å². The van der Waals surface area contributed by atoms with E-state index in [9.17, 15) is 13.2 Å². The molecule has 0 radical (unpaired) electrons. The molecule has 0 fully saturated rings. The van der Waals surface area contributed by atoms with Crippen LogP contribution >= 0.6 is 22.4 Å². The molecule has 4 rings (SSSR count). The number of halogens is 1. The van der Waals surface area contributed by atoms with Crippen LogP contribution in [0.15, 0.2) is 71.0 Å². The molecule has 0 saturated heterocycles. The SMILES string of the molecule is CCN(CC)C(=O)Sc1cccc2nccnc12.O=S(=O)(Cl)c1cccc2nccnc12. The molecule has 0 atom stereocenters. The topological polar surface area (TPSA) is 106 Å². The molecular formula is C21H20ClN5O3S2. The summed E-state index contributed by atoms with van der Waals surface area (Å²) >= 11 is 1.21. The average Bonchev–Trinajstić information content (AvgIpc) is 2.79. The number of rotatable bonds is 4. The summed E-state index contributed by atoms with van der Waals surface area (Å²) in [6, 6.07) is 10.4. The molecule has 0 saturated carbocycles. The first kappa shape index (κ1) is 23.8. The molecule has 4 aromatic rings. The van der Waals surface area contributed by atoms with Crippen LogP contribution in [-0.4, -0.2) is 51.6 Å². The molecule has 0 aliphatic heterocycles. The highest BCUT2D eigenvalue weighted by molar-refractivity contribution is 8.14. The van der Waals surface area contributed by atoms with Crippen molar-refractivity contribution < 1.29 is 13.2 Å². The number of carbonyl (C=O) groups is 1. The van der Waals surface area contributed by atoms with Crippen LogP contribution in [-0.2, 0) is 9.05 Å². The summed E-state index contributed by atoms with van der Waals surface area (Å²) in [5, 5.41) is 0.0538. The van der Waals surface area contributed by atoms with Crippen LogP contribution in [0.25, 0.3) is 22.1 Å². The van der Waals surface area contributed by atoms with Crippen molar-refractivity contribution in [2.45, 2.75) is 23.6 Å². The average molecular weight is 490 g/mol. The van der Waals surface area contributed by atoms with Crippen molar-refractivity contribution in [2.75, 3.05) is 13.1 Å². The van der Waals surface area contributed by atoms with Gasteiger partial charge in [0.2, 0.25) is 0 Å². The van der Waals surface area contributed by atoms with E-state index in [4.69, 9.17) is 10.7 Å². The predicted molar refractivity (Wildman–Crippen MR) is 126 cm³/mol. The van der Waals surface area contributed by atoms with Gasteiger partial charge < -0.3 is 4.90 Å².